The second-order valence-corrected chi connectivity index (χ2v) is 11.9. The average Bonchev–Trinajstić information content (AvgIpc) is 3.57. The van der Waals surface area contributed by atoms with Gasteiger partial charge in [0.2, 0.25) is 16.8 Å². The largest absolute Gasteiger partial charge is 0.454 e. The van der Waals surface area contributed by atoms with Crippen LogP contribution >= 0.6 is 0 Å². The number of hydrogen-bond donors (Lipinski definition) is 1. The van der Waals surface area contributed by atoms with Crippen LogP contribution in [0.4, 0.5) is 13.2 Å². The van der Waals surface area contributed by atoms with Gasteiger partial charge in [0, 0.05) is 30.8 Å². The minimum absolute atomic E-state index is 0.117. The van der Waals surface area contributed by atoms with E-state index < -0.39 is 27.5 Å². The molecule has 0 bridgehead atoms. The lowest BCUT2D eigenvalue weighted by atomic mass is 9.97. The Morgan fingerprint density at radius 1 is 0.976 bits per heavy atom. The molecule has 0 unspecified atom stereocenters. The Kier molecular flexibility index (Phi) is 6.86. The third kappa shape index (κ3) is 5.34. The molecule has 9 nitrogen and oxygen atoms in total. The fourth-order valence-corrected chi connectivity index (χ4v) is 6.72. The number of alkyl halides is 3. The Labute approximate surface area is 233 Å². The van der Waals surface area contributed by atoms with Crippen molar-refractivity contribution in [2.45, 2.75) is 30.7 Å². The van der Waals surface area contributed by atoms with Crippen LogP contribution in [0.1, 0.15) is 35.7 Å². The highest BCUT2D eigenvalue weighted by Gasteiger charge is 2.34. The summed E-state index contributed by atoms with van der Waals surface area (Å²) in [6.45, 7) is 0.476. The number of rotatable bonds is 6. The van der Waals surface area contributed by atoms with Gasteiger partial charge in [-0.05, 0) is 60.9 Å². The first-order valence-electron chi connectivity index (χ1n) is 12.9. The Morgan fingerprint density at radius 3 is 2.39 bits per heavy atom. The number of benzene rings is 2. The average molecular weight is 587 g/mol. The van der Waals surface area contributed by atoms with E-state index in [1.165, 1.54) is 16.4 Å². The number of pyridine rings is 1. The van der Waals surface area contributed by atoms with Crippen molar-refractivity contribution >= 4 is 10.0 Å². The molecule has 2 aromatic heterocycles. The number of fused-ring (bicyclic) bond motifs is 1. The van der Waals surface area contributed by atoms with Gasteiger partial charge in [0.25, 0.3) is 0 Å². The van der Waals surface area contributed by atoms with Crippen molar-refractivity contribution in [2.24, 2.45) is 0 Å². The molecule has 214 valence electrons. The molecule has 0 aliphatic carbocycles. The normalized spacial score (nSPS) is 16.3. The number of imidazole rings is 1. The van der Waals surface area contributed by atoms with Crippen molar-refractivity contribution in [2.75, 3.05) is 19.9 Å². The lowest BCUT2D eigenvalue weighted by molar-refractivity contribution is -0.137. The first kappa shape index (κ1) is 27.1. The Balaban J connectivity index is 1.23. The van der Waals surface area contributed by atoms with E-state index in [1.54, 1.807) is 36.5 Å². The smallest absolute Gasteiger partial charge is 0.416 e. The minimum atomic E-state index is -4.49. The molecule has 0 amide bonds. The highest BCUT2D eigenvalue weighted by atomic mass is 32.2. The number of aromatic nitrogens is 3. The number of nitrogens with zero attached hydrogens (tertiary/aromatic N) is 4. The van der Waals surface area contributed by atoms with Crippen molar-refractivity contribution in [3.8, 4) is 34.1 Å². The van der Waals surface area contributed by atoms with Crippen LogP contribution in [0.25, 0.3) is 22.6 Å². The summed E-state index contributed by atoms with van der Waals surface area (Å²) in [5.41, 5.74) is 1.55. The van der Waals surface area contributed by atoms with E-state index in [0.717, 1.165) is 16.9 Å². The molecule has 1 saturated heterocycles. The molecule has 2 aliphatic rings. The van der Waals surface area contributed by atoms with Gasteiger partial charge < -0.3 is 14.7 Å². The molecule has 13 heteroatoms. The Bertz CT molecular complexity index is 1670. The van der Waals surface area contributed by atoms with E-state index >= 15 is 0 Å². The second kappa shape index (κ2) is 10.4. The zero-order valence-electron chi connectivity index (χ0n) is 21.6. The monoisotopic (exact) mass is 586 g/mol. The molecule has 2 aliphatic heterocycles. The van der Waals surface area contributed by atoms with Crippen LogP contribution in [-0.2, 0) is 22.0 Å². The number of hydrogen-bond acceptors (Lipinski definition) is 7. The van der Waals surface area contributed by atoms with E-state index in [2.05, 4.69) is 4.98 Å². The van der Waals surface area contributed by atoms with Crippen molar-refractivity contribution in [3.63, 3.8) is 0 Å². The van der Waals surface area contributed by atoms with Gasteiger partial charge in [0.1, 0.15) is 17.2 Å². The maximum atomic E-state index is 13.1. The zero-order chi connectivity index (χ0) is 28.8. The Hall–Kier alpha value is -4.10. The number of halogens is 3. The van der Waals surface area contributed by atoms with Crippen LogP contribution in [0.5, 0.6) is 11.5 Å². The highest BCUT2D eigenvalue weighted by Crippen LogP contribution is 2.41. The molecular weight excluding hydrogens is 561 g/mol. The maximum absolute atomic E-state index is 13.1. The summed E-state index contributed by atoms with van der Waals surface area (Å²) in [5.74, 6) is 0.917. The van der Waals surface area contributed by atoms with Gasteiger partial charge in [-0.25, -0.2) is 17.7 Å². The van der Waals surface area contributed by atoms with Gasteiger partial charge >= 0.3 is 6.18 Å². The van der Waals surface area contributed by atoms with Gasteiger partial charge in [0.15, 0.2) is 11.5 Å². The lowest BCUT2D eigenvalue weighted by Crippen LogP contribution is -2.39. The maximum Gasteiger partial charge on any atom is 0.416 e. The summed E-state index contributed by atoms with van der Waals surface area (Å²) in [7, 11) is -3.77. The van der Waals surface area contributed by atoms with Crippen molar-refractivity contribution in [1.29, 1.82) is 0 Å². The van der Waals surface area contributed by atoms with E-state index in [1.807, 2.05) is 6.07 Å². The SMILES string of the molecule is O=S(=O)(Cc1ccc(C(F)(F)F)cc1)N1CCC(c2nc(-c3ccc4c(c3)OCO4)c(-c3ccccn3)n2O)CC1. The van der Waals surface area contributed by atoms with Crippen molar-refractivity contribution in [3.05, 3.63) is 83.8 Å². The topological polar surface area (TPSA) is 107 Å². The molecule has 2 aromatic carbocycles. The fraction of sp³-hybridized carbons (Fsp3) is 0.286. The molecule has 4 heterocycles. The van der Waals surface area contributed by atoms with Crippen LogP contribution in [0.15, 0.2) is 66.9 Å². The third-order valence-electron chi connectivity index (χ3n) is 7.28. The standard InChI is InChI=1S/C28H25F3N4O5S/c29-28(30,31)21-7-4-18(5-8-21)16-41(37,38)34-13-10-19(11-14-34)27-33-25(20-6-9-23-24(15-20)40-17-39-23)26(35(27)36)22-3-1-2-12-32-22/h1-9,12,15,19,36H,10-11,13-14,16-17H2. The summed E-state index contributed by atoms with van der Waals surface area (Å²) in [5, 5.41) is 11.3. The first-order chi connectivity index (χ1) is 19.6. The predicted molar refractivity (Wildman–Crippen MR) is 142 cm³/mol. The van der Waals surface area contributed by atoms with Gasteiger partial charge in [-0.15, -0.1) is 0 Å². The summed E-state index contributed by atoms with van der Waals surface area (Å²) < 4.78 is 78.0. The molecule has 41 heavy (non-hydrogen) atoms. The van der Waals surface area contributed by atoms with Crippen molar-refractivity contribution in [1.82, 2.24) is 19.0 Å². The summed E-state index contributed by atoms with van der Waals surface area (Å²) in [6.07, 6.45) is -2.08. The molecule has 1 N–H and O–H groups in total. The van der Waals surface area contributed by atoms with E-state index in [0.29, 0.717) is 52.8 Å². The van der Waals surface area contributed by atoms with Crippen LogP contribution in [0.3, 0.4) is 0 Å². The Morgan fingerprint density at radius 2 is 1.71 bits per heavy atom. The number of sulfonamides is 1. The molecule has 0 radical (unpaired) electrons. The van der Waals surface area contributed by atoms with Gasteiger partial charge in [-0.3, -0.25) is 4.98 Å². The lowest BCUT2D eigenvalue weighted by Gasteiger charge is -2.30. The molecule has 0 spiro atoms. The fourth-order valence-electron chi connectivity index (χ4n) is 5.16. The van der Waals surface area contributed by atoms with Crippen LogP contribution in [0.2, 0.25) is 0 Å². The number of piperidine rings is 1. The minimum Gasteiger partial charge on any atom is -0.454 e. The van der Waals surface area contributed by atoms with Crippen LogP contribution < -0.4 is 9.47 Å². The van der Waals surface area contributed by atoms with Gasteiger partial charge in [0.05, 0.1) is 17.0 Å². The second-order valence-electron chi connectivity index (χ2n) is 9.89. The quantitative estimate of drug-likeness (QED) is 0.306. The molecule has 1 fully saturated rings. The molecule has 0 saturated carbocycles. The molecular formula is C28H25F3N4O5S. The van der Waals surface area contributed by atoms with E-state index in [9.17, 15) is 26.8 Å². The third-order valence-corrected chi connectivity index (χ3v) is 9.13. The van der Waals surface area contributed by atoms with E-state index in [-0.39, 0.29) is 31.4 Å². The van der Waals surface area contributed by atoms with Gasteiger partial charge in [-0.2, -0.15) is 17.9 Å². The molecule has 0 atom stereocenters. The molecule has 6 rings (SSSR count). The zero-order valence-corrected chi connectivity index (χ0v) is 22.4. The predicted octanol–water partition coefficient (Wildman–Crippen LogP) is 5.31. The molecule has 4 aromatic rings. The summed E-state index contributed by atoms with van der Waals surface area (Å²) in [4.78, 5) is 9.21. The van der Waals surface area contributed by atoms with Crippen LogP contribution in [0, 0.1) is 0 Å². The van der Waals surface area contributed by atoms with Crippen molar-refractivity contribution < 1.29 is 36.3 Å². The van der Waals surface area contributed by atoms with Crippen LogP contribution in [-0.4, -0.2) is 52.5 Å². The van der Waals surface area contributed by atoms with E-state index in [4.69, 9.17) is 14.5 Å². The first-order valence-corrected chi connectivity index (χ1v) is 14.5. The number of ether oxygens (including phenoxy) is 2. The van der Waals surface area contributed by atoms with Gasteiger partial charge in [-0.1, -0.05) is 18.2 Å². The highest BCUT2D eigenvalue weighted by molar-refractivity contribution is 7.88. The summed E-state index contributed by atoms with van der Waals surface area (Å²) in [6, 6.07) is 14.9. The summed E-state index contributed by atoms with van der Waals surface area (Å²) >= 11 is 0.